The number of ether oxygens (including phenoxy) is 3. The van der Waals surface area contributed by atoms with Gasteiger partial charge in [0.05, 0.1) is 47.5 Å². The third-order valence-electron chi connectivity index (χ3n) is 11.6. The maximum atomic E-state index is 13.9. The van der Waals surface area contributed by atoms with E-state index in [1.54, 1.807) is 24.4 Å². The molecule has 3 atom stereocenters. The summed E-state index contributed by atoms with van der Waals surface area (Å²) < 4.78 is 46.7. The molecule has 8 rings (SSSR count). The van der Waals surface area contributed by atoms with E-state index >= 15 is 0 Å². The van der Waals surface area contributed by atoms with Crippen LogP contribution in [0, 0.1) is 16.0 Å². The zero-order chi connectivity index (χ0) is 42.7. The maximum absolute atomic E-state index is 13.9. The number of nitrogens with zero attached hydrogens (tertiary/aromatic N) is 4. The number of allylic oxidation sites excluding steroid dienone is 1. The van der Waals surface area contributed by atoms with Crippen LogP contribution in [-0.4, -0.2) is 98.8 Å². The number of amides is 1. The van der Waals surface area contributed by atoms with Crippen molar-refractivity contribution >= 4 is 61.2 Å². The number of aromatic nitrogens is 2. The fourth-order valence-corrected chi connectivity index (χ4v) is 9.31. The minimum Gasteiger partial charge on any atom is -0.455 e. The Hall–Kier alpha value is -5.52. The van der Waals surface area contributed by atoms with Crippen LogP contribution in [0.3, 0.4) is 0 Å². The molecule has 3 aromatic carbocycles. The van der Waals surface area contributed by atoms with Gasteiger partial charge in [0.1, 0.15) is 22.8 Å². The van der Waals surface area contributed by atoms with Gasteiger partial charge in [0.15, 0.2) is 0 Å². The number of nitrogens with one attached hydrogen (secondary N) is 3. The van der Waals surface area contributed by atoms with Crippen molar-refractivity contribution in [2.75, 3.05) is 62.8 Å². The number of pyridine rings is 1. The van der Waals surface area contributed by atoms with Crippen LogP contribution in [0.2, 0.25) is 5.02 Å². The Kier molecular flexibility index (Phi) is 12.6. The van der Waals surface area contributed by atoms with Crippen molar-refractivity contribution in [1.29, 1.82) is 0 Å². The molecule has 0 bridgehead atoms. The van der Waals surface area contributed by atoms with Gasteiger partial charge < -0.3 is 29.4 Å². The van der Waals surface area contributed by atoms with Gasteiger partial charge in [0.2, 0.25) is 0 Å². The number of carbonyl (C=O) groups is 1. The summed E-state index contributed by atoms with van der Waals surface area (Å²) in [4.78, 5) is 37.0. The van der Waals surface area contributed by atoms with Crippen molar-refractivity contribution in [3.05, 3.63) is 117 Å². The number of halogens is 1. The van der Waals surface area contributed by atoms with Gasteiger partial charge in [-0.1, -0.05) is 36.2 Å². The highest BCUT2D eigenvalue weighted by molar-refractivity contribution is 7.90. The summed E-state index contributed by atoms with van der Waals surface area (Å²) in [6.45, 7) is 9.05. The van der Waals surface area contributed by atoms with Crippen molar-refractivity contribution in [3.63, 3.8) is 0 Å². The number of sulfonamides is 1. The van der Waals surface area contributed by atoms with Crippen molar-refractivity contribution < 1.29 is 32.3 Å². The molecule has 4 heterocycles. The number of hydrogen-bond acceptors (Lipinski definition) is 12. The van der Waals surface area contributed by atoms with E-state index in [4.69, 9.17) is 25.8 Å². The van der Waals surface area contributed by atoms with Crippen LogP contribution in [0.15, 0.2) is 95.7 Å². The van der Waals surface area contributed by atoms with E-state index in [0.29, 0.717) is 50.2 Å². The fourth-order valence-electron chi connectivity index (χ4n) is 8.20. The Balaban J connectivity index is 1.02. The van der Waals surface area contributed by atoms with Gasteiger partial charge in [-0.05, 0) is 91.8 Å². The van der Waals surface area contributed by atoms with E-state index in [9.17, 15) is 23.3 Å². The molecule has 3 N–H and O–H groups in total. The maximum Gasteiger partial charge on any atom is 0.293 e. The van der Waals surface area contributed by atoms with Crippen molar-refractivity contribution in [3.8, 4) is 11.5 Å². The highest BCUT2D eigenvalue weighted by Gasteiger charge is 2.30. The molecule has 3 unspecified atom stereocenters. The number of aromatic amines is 1. The van der Waals surface area contributed by atoms with E-state index in [2.05, 4.69) is 55.8 Å². The number of hydrogen-bond donors (Lipinski definition) is 3. The van der Waals surface area contributed by atoms with E-state index in [-0.39, 0.29) is 35.7 Å². The molecular formula is C44H48ClN7O8S. The van der Waals surface area contributed by atoms with Crippen molar-refractivity contribution in [2.24, 2.45) is 5.92 Å². The zero-order valence-corrected chi connectivity index (χ0v) is 35.5. The fraction of sp³-hybridized carbons (Fsp3) is 0.364. The topological polar surface area (TPSA) is 181 Å². The SMILES string of the molecule is CC1CCC(CN2CCN(c3ccc(C(=O)NS(=O)(=O)c4ccc(NCC5COCCO5)c([N+](=O)[O-])c4)c(Oc4cnc5[nH]ccc5c4)c3)CC2C)=C(c2ccc(Cl)cc2)C1. The quantitative estimate of drug-likeness (QED) is 0.0778. The highest BCUT2D eigenvalue weighted by Crippen LogP contribution is 2.38. The molecular weight excluding hydrogens is 822 g/mol. The first-order chi connectivity index (χ1) is 29.4. The van der Waals surface area contributed by atoms with Gasteiger partial charge in [0, 0.05) is 73.2 Å². The third-order valence-corrected chi connectivity index (χ3v) is 13.1. The van der Waals surface area contributed by atoms with Crippen molar-refractivity contribution in [2.45, 2.75) is 50.2 Å². The van der Waals surface area contributed by atoms with Crippen LogP contribution in [0.25, 0.3) is 16.6 Å². The highest BCUT2D eigenvalue weighted by atomic mass is 35.5. The molecule has 2 fully saturated rings. The Morgan fingerprint density at radius 2 is 1.90 bits per heavy atom. The number of piperazine rings is 1. The van der Waals surface area contributed by atoms with E-state index < -0.39 is 31.4 Å². The molecule has 15 nitrogen and oxygen atoms in total. The zero-order valence-electron chi connectivity index (χ0n) is 33.9. The second kappa shape index (κ2) is 18.2. The second-order valence-electron chi connectivity index (χ2n) is 15.9. The molecule has 5 aromatic rings. The summed E-state index contributed by atoms with van der Waals surface area (Å²) >= 11 is 6.23. The minimum absolute atomic E-state index is 0.0520. The number of anilines is 2. The average molecular weight is 870 g/mol. The Bertz CT molecular complexity index is 2560. The number of rotatable bonds is 13. The lowest BCUT2D eigenvalue weighted by Gasteiger charge is -2.42. The van der Waals surface area contributed by atoms with Gasteiger partial charge in [-0.3, -0.25) is 19.8 Å². The van der Waals surface area contributed by atoms with Crippen LogP contribution < -0.4 is 19.7 Å². The molecule has 2 aliphatic heterocycles. The number of nitro groups is 1. The lowest BCUT2D eigenvalue weighted by Crippen LogP contribution is -2.52. The minimum atomic E-state index is -4.58. The molecule has 2 saturated heterocycles. The van der Waals surface area contributed by atoms with Gasteiger partial charge in [0.25, 0.3) is 21.6 Å². The first-order valence-corrected chi connectivity index (χ1v) is 22.3. The Morgan fingerprint density at radius 3 is 2.67 bits per heavy atom. The summed E-state index contributed by atoms with van der Waals surface area (Å²) in [7, 11) is -4.58. The molecule has 61 heavy (non-hydrogen) atoms. The molecule has 3 aliphatic rings. The summed E-state index contributed by atoms with van der Waals surface area (Å²) in [5, 5.41) is 16.5. The van der Waals surface area contributed by atoms with Gasteiger partial charge in [-0.15, -0.1) is 0 Å². The lowest BCUT2D eigenvalue weighted by atomic mass is 9.81. The monoisotopic (exact) mass is 869 g/mol. The predicted molar refractivity (Wildman–Crippen MR) is 234 cm³/mol. The van der Waals surface area contributed by atoms with E-state index in [1.807, 2.05) is 18.2 Å². The molecule has 0 radical (unpaired) electrons. The van der Waals surface area contributed by atoms with Gasteiger partial charge >= 0.3 is 0 Å². The molecule has 0 saturated carbocycles. The number of fused-ring (bicyclic) bond motifs is 1. The van der Waals surface area contributed by atoms with E-state index in [0.717, 1.165) is 54.5 Å². The van der Waals surface area contributed by atoms with Crippen molar-refractivity contribution in [1.82, 2.24) is 19.6 Å². The van der Waals surface area contributed by atoms with Crippen LogP contribution in [0.5, 0.6) is 11.5 Å². The molecule has 2 aromatic heterocycles. The standard InChI is InChI=1S/C44H48ClN7O8S/c1-28-3-4-32(39(19-28)30-5-7-33(45)8-6-30)26-50-15-16-51(25-29(50)2)34-9-11-38(42(21-34)60-35-20-31-13-14-46-43(31)48-23-35)44(53)49-61(56,57)37-10-12-40(41(22-37)52(54)55)47-24-36-27-58-17-18-59-36/h5-14,20-23,28-29,36,47H,3-4,15-19,24-27H2,1-2H3,(H,46,48)(H,49,53). The number of carbonyl (C=O) groups excluding carboxylic acids is 1. The first kappa shape index (κ1) is 42.2. The van der Waals surface area contributed by atoms with Crippen LogP contribution >= 0.6 is 11.6 Å². The molecule has 0 spiro atoms. The predicted octanol–water partition coefficient (Wildman–Crippen LogP) is 7.65. The molecule has 1 aliphatic carbocycles. The Morgan fingerprint density at radius 1 is 1.07 bits per heavy atom. The summed E-state index contributed by atoms with van der Waals surface area (Å²) in [5.41, 5.74) is 5.14. The van der Waals surface area contributed by atoms with Gasteiger partial charge in [-0.25, -0.2) is 18.1 Å². The summed E-state index contributed by atoms with van der Waals surface area (Å²) in [5.74, 6) is 0.103. The normalized spacial score (nSPS) is 20.1. The lowest BCUT2D eigenvalue weighted by molar-refractivity contribution is -0.384. The summed E-state index contributed by atoms with van der Waals surface area (Å²) in [6.07, 6.45) is 6.21. The molecule has 1 amide bonds. The van der Waals surface area contributed by atoms with Gasteiger partial charge in [-0.2, -0.15) is 0 Å². The largest absolute Gasteiger partial charge is 0.455 e. The third kappa shape index (κ3) is 9.84. The van der Waals surface area contributed by atoms with E-state index in [1.165, 1.54) is 41.1 Å². The Labute approximate surface area is 359 Å². The second-order valence-corrected chi connectivity index (χ2v) is 18.0. The van der Waals surface area contributed by atoms with Crippen LogP contribution in [-0.2, 0) is 19.5 Å². The number of nitro benzene ring substituents is 1. The summed E-state index contributed by atoms with van der Waals surface area (Å²) in [6, 6.07) is 20.4. The molecule has 17 heteroatoms. The van der Waals surface area contributed by atoms with Crippen LogP contribution in [0.1, 0.15) is 49.0 Å². The number of H-pyrrole nitrogens is 1. The molecule has 320 valence electrons. The first-order valence-electron chi connectivity index (χ1n) is 20.4. The average Bonchev–Trinajstić information content (AvgIpc) is 3.73. The number of benzene rings is 3. The van der Waals surface area contributed by atoms with Crippen LogP contribution in [0.4, 0.5) is 17.1 Å². The smallest absolute Gasteiger partial charge is 0.293 e.